The van der Waals surface area contributed by atoms with E-state index in [-0.39, 0.29) is 11.9 Å². The maximum absolute atomic E-state index is 12.4. The zero-order valence-electron chi connectivity index (χ0n) is 12.6. The van der Waals surface area contributed by atoms with Gasteiger partial charge in [-0.2, -0.15) is 21.6 Å². The average Bonchev–Trinajstić information content (AvgIpc) is 2.46. The van der Waals surface area contributed by atoms with E-state index in [2.05, 4.69) is 4.18 Å². The normalized spacial score (nSPS) is 25.1. The number of hydrogen-bond acceptors (Lipinski definition) is 4. The molecule has 2 rings (SSSR count). The number of alkyl halides is 3. The van der Waals surface area contributed by atoms with Crippen molar-refractivity contribution in [1.82, 2.24) is 0 Å². The Labute approximate surface area is 133 Å². The second-order valence-corrected chi connectivity index (χ2v) is 6.82. The van der Waals surface area contributed by atoms with Crippen molar-refractivity contribution in [3.8, 4) is 0 Å². The van der Waals surface area contributed by atoms with Gasteiger partial charge in [0.2, 0.25) is 0 Å². The Morgan fingerprint density at radius 1 is 1.26 bits per heavy atom. The molecule has 1 fully saturated rings. The molecule has 0 amide bonds. The molecule has 0 bridgehead atoms. The van der Waals surface area contributed by atoms with Crippen molar-refractivity contribution in [2.75, 3.05) is 0 Å². The van der Waals surface area contributed by atoms with Crippen molar-refractivity contribution in [2.45, 2.75) is 44.4 Å². The minimum Gasteiger partial charge on any atom is -0.381 e. The molecule has 0 N–H and O–H groups in total. The quantitative estimate of drug-likeness (QED) is 0.468. The summed E-state index contributed by atoms with van der Waals surface area (Å²) >= 11 is 0. The highest BCUT2D eigenvalue weighted by Gasteiger charge is 2.48. The van der Waals surface area contributed by atoms with Gasteiger partial charge in [0, 0.05) is 0 Å². The van der Waals surface area contributed by atoms with Gasteiger partial charge in [0.25, 0.3) is 0 Å². The van der Waals surface area contributed by atoms with Crippen molar-refractivity contribution in [3.05, 3.63) is 47.2 Å². The fourth-order valence-corrected chi connectivity index (χ4v) is 3.06. The van der Waals surface area contributed by atoms with E-state index in [1.54, 1.807) is 6.92 Å². The predicted octanol–water partition coefficient (Wildman–Crippen LogP) is 4.07. The lowest BCUT2D eigenvalue weighted by Crippen LogP contribution is -2.28. The largest absolute Gasteiger partial charge is 0.534 e. The number of halogens is 3. The van der Waals surface area contributed by atoms with E-state index in [1.807, 2.05) is 30.3 Å². The zero-order valence-corrected chi connectivity index (χ0v) is 13.4. The topological polar surface area (TPSA) is 52.6 Å². The molecule has 0 saturated carbocycles. The lowest BCUT2D eigenvalue weighted by Gasteiger charge is -2.31. The predicted molar refractivity (Wildman–Crippen MR) is 77.7 cm³/mol. The van der Waals surface area contributed by atoms with Crippen LogP contribution in [0.2, 0.25) is 0 Å². The second kappa shape index (κ2) is 6.52. The summed E-state index contributed by atoms with van der Waals surface area (Å²) in [6, 6.07) is 9.44. The van der Waals surface area contributed by atoms with Gasteiger partial charge in [0.1, 0.15) is 5.76 Å². The van der Waals surface area contributed by atoms with Crippen molar-refractivity contribution >= 4 is 10.1 Å². The lowest BCUT2D eigenvalue weighted by molar-refractivity contribution is -0.0528. The van der Waals surface area contributed by atoms with Gasteiger partial charge in [0.05, 0.1) is 12.2 Å². The summed E-state index contributed by atoms with van der Waals surface area (Å²) in [5, 5.41) is 0. The molecule has 1 saturated heterocycles. The Balaban J connectivity index is 2.14. The smallest absolute Gasteiger partial charge is 0.381 e. The Bertz CT molecular complexity index is 680. The first-order valence-corrected chi connectivity index (χ1v) is 8.43. The van der Waals surface area contributed by atoms with Gasteiger partial charge < -0.3 is 8.92 Å². The van der Waals surface area contributed by atoms with Crippen molar-refractivity contribution in [3.63, 3.8) is 0 Å². The minimum atomic E-state index is -5.65. The molecule has 128 valence electrons. The molecule has 4 nitrogen and oxygen atoms in total. The molecule has 1 aromatic carbocycles. The zero-order chi connectivity index (χ0) is 17.3. The van der Waals surface area contributed by atoms with E-state index < -0.39 is 21.7 Å². The molecule has 0 aromatic heterocycles. The first-order valence-electron chi connectivity index (χ1n) is 7.02. The molecule has 0 spiro atoms. The van der Waals surface area contributed by atoms with Gasteiger partial charge in [-0.3, -0.25) is 0 Å². The molecule has 0 radical (unpaired) electrons. The van der Waals surface area contributed by atoms with E-state index >= 15 is 0 Å². The molecule has 2 unspecified atom stereocenters. The molecule has 1 aliphatic rings. The highest BCUT2D eigenvalue weighted by molar-refractivity contribution is 7.87. The van der Waals surface area contributed by atoms with Crippen molar-refractivity contribution in [1.29, 1.82) is 0 Å². The Hall–Kier alpha value is -1.54. The monoisotopic (exact) mass is 350 g/mol. The van der Waals surface area contributed by atoms with Crippen LogP contribution in [0.1, 0.15) is 38.4 Å². The number of benzene rings is 1. The second-order valence-electron chi connectivity index (χ2n) is 5.28. The van der Waals surface area contributed by atoms with E-state index in [1.165, 1.54) is 6.92 Å². The summed E-state index contributed by atoms with van der Waals surface area (Å²) < 4.78 is 69.3. The van der Waals surface area contributed by atoms with Gasteiger partial charge in [-0.25, -0.2) is 0 Å². The Kier molecular flexibility index (Phi) is 5.05. The summed E-state index contributed by atoms with van der Waals surface area (Å²) in [5.41, 5.74) is -4.05. The molecule has 1 aromatic rings. The fourth-order valence-electron chi connectivity index (χ4n) is 2.53. The summed E-state index contributed by atoms with van der Waals surface area (Å²) in [7, 11) is -5.65. The van der Waals surface area contributed by atoms with Crippen LogP contribution in [0.5, 0.6) is 0 Å². The molecule has 0 aliphatic carbocycles. The van der Waals surface area contributed by atoms with Crippen LogP contribution in [0.25, 0.3) is 0 Å². The maximum Gasteiger partial charge on any atom is 0.534 e. The van der Waals surface area contributed by atoms with Crippen molar-refractivity contribution < 1.29 is 30.5 Å². The first kappa shape index (κ1) is 17.8. The number of allylic oxidation sites excluding steroid dienone is 1. The molecule has 1 aliphatic heterocycles. The van der Waals surface area contributed by atoms with Crippen molar-refractivity contribution in [2.24, 2.45) is 0 Å². The van der Waals surface area contributed by atoms with Gasteiger partial charge in [-0.05, 0) is 37.8 Å². The number of rotatable bonds is 3. The van der Waals surface area contributed by atoms with Gasteiger partial charge >= 0.3 is 15.6 Å². The van der Waals surface area contributed by atoms with Crippen LogP contribution in [0.4, 0.5) is 13.2 Å². The van der Waals surface area contributed by atoms with Crippen LogP contribution in [0.15, 0.2) is 41.7 Å². The van der Waals surface area contributed by atoms with Crippen LogP contribution in [-0.4, -0.2) is 20.0 Å². The molecular weight excluding hydrogens is 333 g/mol. The summed E-state index contributed by atoms with van der Waals surface area (Å²) in [6.45, 7) is 2.87. The Morgan fingerprint density at radius 3 is 2.39 bits per heavy atom. The van der Waals surface area contributed by atoms with E-state index in [0.29, 0.717) is 18.4 Å². The SMILES string of the molecule is C/C(OS(=O)(=O)C(F)(F)F)=C1\CCC(c2ccccc2)OC1C. The molecule has 23 heavy (non-hydrogen) atoms. The van der Waals surface area contributed by atoms with Crippen LogP contribution in [0, 0.1) is 0 Å². The molecule has 8 heteroatoms. The first-order chi connectivity index (χ1) is 10.6. The van der Waals surface area contributed by atoms with E-state index in [9.17, 15) is 21.6 Å². The van der Waals surface area contributed by atoms with Gasteiger partial charge in [-0.1, -0.05) is 30.3 Å². The third-order valence-electron chi connectivity index (χ3n) is 3.68. The lowest BCUT2D eigenvalue weighted by atomic mass is 9.94. The summed E-state index contributed by atoms with van der Waals surface area (Å²) in [4.78, 5) is 0. The van der Waals surface area contributed by atoms with Crippen LogP contribution in [0.3, 0.4) is 0 Å². The minimum absolute atomic E-state index is 0.179. The average molecular weight is 350 g/mol. The fraction of sp³-hybridized carbons (Fsp3) is 0.467. The third-order valence-corrected chi connectivity index (χ3v) is 4.71. The summed E-state index contributed by atoms with van der Waals surface area (Å²) in [6.07, 6.45) is 0.232. The maximum atomic E-state index is 12.4. The summed E-state index contributed by atoms with van der Waals surface area (Å²) in [5.74, 6) is -0.277. The van der Waals surface area contributed by atoms with Crippen LogP contribution in [-0.2, 0) is 19.0 Å². The van der Waals surface area contributed by atoms with Crippen LogP contribution >= 0.6 is 0 Å². The molecule has 2 atom stereocenters. The molecular formula is C15H17F3O4S. The van der Waals surface area contributed by atoms with Crippen LogP contribution < -0.4 is 0 Å². The Morgan fingerprint density at radius 2 is 1.87 bits per heavy atom. The highest BCUT2D eigenvalue weighted by Crippen LogP contribution is 2.36. The van der Waals surface area contributed by atoms with Gasteiger partial charge in [-0.15, -0.1) is 0 Å². The van der Waals surface area contributed by atoms with E-state index in [4.69, 9.17) is 4.74 Å². The van der Waals surface area contributed by atoms with E-state index in [0.717, 1.165) is 5.56 Å². The standard InChI is InChI=1S/C15H17F3O4S/c1-10-13(11(2)22-23(19,20)15(16,17)18)8-9-14(21-10)12-6-4-3-5-7-12/h3-7,10,14H,8-9H2,1-2H3/b13-11-. The number of ether oxygens (including phenoxy) is 1. The third kappa shape index (κ3) is 4.06. The molecule has 1 heterocycles. The van der Waals surface area contributed by atoms with Gasteiger partial charge in [0.15, 0.2) is 0 Å². The number of hydrogen-bond donors (Lipinski definition) is 0. The highest BCUT2D eigenvalue weighted by atomic mass is 32.2.